The third-order valence-electron chi connectivity index (χ3n) is 4.43. The molecule has 1 saturated heterocycles. The Balaban J connectivity index is 2.40. The molecule has 2 nitrogen and oxygen atoms in total. The van der Waals surface area contributed by atoms with Crippen LogP contribution in [0.1, 0.15) is 51.3 Å². The van der Waals surface area contributed by atoms with E-state index >= 15 is 0 Å². The Hall–Kier alpha value is -0.930. The molecular formula is C17H26FNO. The lowest BCUT2D eigenvalue weighted by molar-refractivity contribution is -0.0777. The summed E-state index contributed by atoms with van der Waals surface area (Å²) < 4.78 is 19.8. The van der Waals surface area contributed by atoms with Crippen molar-refractivity contribution >= 4 is 0 Å². The Morgan fingerprint density at radius 1 is 1.30 bits per heavy atom. The van der Waals surface area contributed by atoms with Crippen molar-refractivity contribution in [3.63, 3.8) is 0 Å². The second-order valence-electron chi connectivity index (χ2n) is 7.04. The first-order valence-corrected chi connectivity index (χ1v) is 7.30. The molecule has 3 heteroatoms. The average molecular weight is 279 g/mol. The fraction of sp³-hybridized carbons (Fsp3) is 0.647. The lowest BCUT2D eigenvalue weighted by Gasteiger charge is -2.33. The number of nitrogens with one attached hydrogen (secondary N) is 1. The van der Waals surface area contributed by atoms with E-state index in [1.54, 1.807) is 6.07 Å². The quantitative estimate of drug-likeness (QED) is 0.903. The van der Waals surface area contributed by atoms with Gasteiger partial charge in [-0.15, -0.1) is 0 Å². The Bertz CT molecular complexity index is 496. The molecule has 112 valence electrons. The van der Waals surface area contributed by atoms with Crippen molar-refractivity contribution in [2.75, 3.05) is 7.05 Å². The van der Waals surface area contributed by atoms with Crippen LogP contribution in [-0.2, 0) is 4.74 Å². The van der Waals surface area contributed by atoms with Crippen molar-refractivity contribution in [2.24, 2.45) is 5.92 Å². The zero-order valence-corrected chi connectivity index (χ0v) is 13.4. The van der Waals surface area contributed by atoms with Crippen LogP contribution in [0.5, 0.6) is 0 Å². The van der Waals surface area contributed by atoms with Gasteiger partial charge in [0.2, 0.25) is 0 Å². The van der Waals surface area contributed by atoms with Crippen LogP contribution in [-0.4, -0.2) is 18.2 Å². The number of hydrogen-bond donors (Lipinski definition) is 1. The molecule has 0 aromatic heterocycles. The number of ether oxygens (including phenoxy) is 1. The Morgan fingerprint density at radius 3 is 2.45 bits per heavy atom. The minimum Gasteiger partial charge on any atom is -0.369 e. The van der Waals surface area contributed by atoms with Crippen LogP contribution in [0.2, 0.25) is 0 Å². The number of aryl methyl sites for hydroxylation is 1. The number of halogens is 1. The largest absolute Gasteiger partial charge is 0.369 e. The van der Waals surface area contributed by atoms with E-state index in [4.69, 9.17) is 4.74 Å². The van der Waals surface area contributed by atoms with Crippen molar-refractivity contribution in [1.29, 1.82) is 0 Å². The van der Waals surface area contributed by atoms with Gasteiger partial charge in [0.1, 0.15) is 5.82 Å². The molecule has 1 aromatic rings. The van der Waals surface area contributed by atoms with E-state index in [9.17, 15) is 4.39 Å². The maximum absolute atomic E-state index is 13.6. The first-order valence-electron chi connectivity index (χ1n) is 7.30. The van der Waals surface area contributed by atoms with Crippen LogP contribution in [0.3, 0.4) is 0 Å². The molecule has 1 aliphatic rings. The lowest BCUT2D eigenvalue weighted by Crippen LogP contribution is -2.37. The van der Waals surface area contributed by atoms with Crippen molar-refractivity contribution in [3.05, 3.63) is 35.1 Å². The third-order valence-corrected chi connectivity index (χ3v) is 4.43. The number of rotatable bonds is 3. The molecule has 0 spiro atoms. The van der Waals surface area contributed by atoms with Gasteiger partial charge in [0.25, 0.3) is 0 Å². The van der Waals surface area contributed by atoms with Gasteiger partial charge < -0.3 is 10.1 Å². The minimum absolute atomic E-state index is 0.0995. The number of hydrogen-bond acceptors (Lipinski definition) is 2. The molecule has 1 heterocycles. The van der Waals surface area contributed by atoms with Crippen molar-refractivity contribution in [1.82, 2.24) is 5.32 Å². The Labute approximate surface area is 121 Å². The summed E-state index contributed by atoms with van der Waals surface area (Å²) in [5.41, 5.74) is 1.79. The summed E-state index contributed by atoms with van der Waals surface area (Å²) in [6, 6.07) is 5.12. The highest BCUT2D eigenvalue weighted by Crippen LogP contribution is 2.48. The standard InChI is InChI=1S/C17H26FNO/c1-11-7-8-12(18)9-13(11)15(19-6)14-10-16(2,3)20-17(14,4)5/h7-9,14-15,19H,10H2,1-6H3. The van der Waals surface area contributed by atoms with E-state index in [1.807, 2.05) is 20.0 Å². The fourth-order valence-corrected chi connectivity index (χ4v) is 3.64. The highest BCUT2D eigenvalue weighted by Gasteiger charge is 2.49. The molecule has 2 unspecified atom stereocenters. The van der Waals surface area contributed by atoms with E-state index in [0.717, 1.165) is 17.5 Å². The topological polar surface area (TPSA) is 21.3 Å². The molecule has 0 saturated carbocycles. The molecular weight excluding hydrogens is 253 g/mol. The first kappa shape index (κ1) is 15.5. The van der Waals surface area contributed by atoms with E-state index < -0.39 is 0 Å². The molecule has 0 amide bonds. The molecule has 2 rings (SSSR count). The van der Waals surface area contributed by atoms with Gasteiger partial charge in [-0.2, -0.15) is 0 Å². The summed E-state index contributed by atoms with van der Waals surface area (Å²) in [6.07, 6.45) is 0.960. The predicted molar refractivity (Wildman–Crippen MR) is 80.3 cm³/mol. The summed E-state index contributed by atoms with van der Waals surface area (Å²) in [4.78, 5) is 0. The van der Waals surface area contributed by atoms with E-state index in [0.29, 0.717) is 5.92 Å². The van der Waals surface area contributed by atoms with Crippen LogP contribution < -0.4 is 5.32 Å². The van der Waals surface area contributed by atoms with Gasteiger partial charge in [0, 0.05) is 12.0 Å². The zero-order valence-electron chi connectivity index (χ0n) is 13.4. The second kappa shape index (κ2) is 5.12. The summed E-state index contributed by atoms with van der Waals surface area (Å²) in [6.45, 7) is 10.5. The molecule has 0 bridgehead atoms. The summed E-state index contributed by atoms with van der Waals surface area (Å²) in [5.74, 6) is 0.129. The maximum Gasteiger partial charge on any atom is 0.123 e. The number of benzene rings is 1. The van der Waals surface area contributed by atoms with E-state index in [2.05, 4.69) is 33.0 Å². The molecule has 1 N–H and O–H groups in total. The lowest BCUT2D eigenvalue weighted by atomic mass is 9.78. The third kappa shape index (κ3) is 2.89. The first-order chi connectivity index (χ1) is 9.16. The van der Waals surface area contributed by atoms with Gasteiger partial charge in [-0.25, -0.2) is 4.39 Å². The monoisotopic (exact) mass is 279 g/mol. The van der Waals surface area contributed by atoms with Crippen molar-refractivity contribution in [3.8, 4) is 0 Å². The minimum atomic E-state index is -0.226. The highest BCUT2D eigenvalue weighted by atomic mass is 19.1. The second-order valence-corrected chi connectivity index (χ2v) is 7.04. The predicted octanol–water partition coefficient (Wildman–Crippen LogP) is 3.99. The Morgan fingerprint density at radius 2 is 1.95 bits per heavy atom. The van der Waals surface area contributed by atoms with Gasteiger partial charge in [-0.3, -0.25) is 0 Å². The molecule has 1 fully saturated rings. The summed E-state index contributed by atoms with van der Waals surface area (Å²) in [5, 5.41) is 3.38. The van der Waals surface area contributed by atoms with Gasteiger partial charge in [-0.05, 0) is 71.3 Å². The molecule has 1 aliphatic heterocycles. The maximum atomic E-state index is 13.6. The normalized spacial score (nSPS) is 25.6. The molecule has 0 radical (unpaired) electrons. The summed E-state index contributed by atoms with van der Waals surface area (Å²) in [7, 11) is 1.94. The molecule has 20 heavy (non-hydrogen) atoms. The smallest absolute Gasteiger partial charge is 0.123 e. The van der Waals surface area contributed by atoms with Crippen LogP contribution in [0.25, 0.3) is 0 Å². The van der Waals surface area contributed by atoms with Crippen LogP contribution in [0.4, 0.5) is 4.39 Å². The molecule has 1 aromatic carbocycles. The van der Waals surface area contributed by atoms with Gasteiger partial charge in [0.15, 0.2) is 0 Å². The van der Waals surface area contributed by atoms with Gasteiger partial charge >= 0.3 is 0 Å². The Kier molecular flexibility index (Phi) is 3.96. The molecule has 0 aliphatic carbocycles. The van der Waals surface area contributed by atoms with E-state index in [-0.39, 0.29) is 23.1 Å². The summed E-state index contributed by atoms with van der Waals surface area (Å²) >= 11 is 0. The van der Waals surface area contributed by atoms with Crippen LogP contribution in [0, 0.1) is 18.7 Å². The zero-order chi connectivity index (χ0) is 15.1. The van der Waals surface area contributed by atoms with Gasteiger partial charge in [0.05, 0.1) is 11.2 Å². The molecule has 2 atom stereocenters. The SMILES string of the molecule is CNC(c1cc(F)ccc1C)C1CC(C)(C)OC1(C)C. The fourth-order valence-electron chi connectivity index (χ4n) is 3.64. The average Bonchev–Trinajstić information content (AvgIpc) is 2.53. The van der Waals surface area contributed by atoms with Crippen molar-refractivity contribution < 1.29 is 9.13 Å². The van der Waals surface area contributed by atoms with Crippen LogP contribution >= 0.6 is 0 Å². The van der Waals surface area contributed by atoms with E-state index in [1.165, 1.54) is 6.07 Å². The highest BCUT2D eigenvalue weighted by molar-refractivity contribution is 5.31. The van der Waals surface area contributed by atoms with Crippen molar-refractivity contribution in [2.45, 2.75) is 58.3 Å². The van der Waals surface area contributed by atoms with Crippen LogP contribution in [0.15, 0.2) is 18.2 Å². The van der Waals surface area contributed by atoms with Gasteiger partial charge in [-0.1, -0.05) is 6.07 Å².